The Bertz CT molecular complexity index is 1150. The van der Waals surface area contributed by atoms with Crippen LogP contribution in [0.3, 0.4) is 0 Å². The zero-order chi connectivity index (χ0) is 21.5. The quantitative estimate of drug-likeness (QED) is 0.731. The van der Waals surface area contributed by atoms with E-state index in [1.54, 1.807) is 43.5 Å². The van der Waals surface area contributed by atoms with Crippen LogP contribution in [-0.2, 0) is 19.9 Å². The molecule has 1 N–H and O–H groups in total. The molecule has 0 unspecified atom stereocenters. The van der Waals surface area contributed by atoms with Gasteiger partial charge in [0.25, 0.3) is 5.91 Å². The van der Waals surface area contributed by atoms with Gasteiger partial charge in [0.15, 0.2) is 0 Å². The van der Waals surface area contributed by atoms with Gasteiger partial charge in [-0.05, 0) is 49.7 Å². The zero-order valence-corrected chi connectivity index (χ0v) is 17.6. The molecule has 31 heavy (non-hydrogen) atoms. The third-order valence-corrected chi connectivity index (χ3v) is 7.62. The van der Waals surface area contributed by atoms with Gasteiger partial charge in [-0.2, -0.15) is 0 Å². The number of methoxy groups -OCH3 is 1. The van der Waals surface area contributed by atoms with Crippen LogP contribution in [0.25, 0.3) is 0 Å². The summed E-state index contributed by atoms with van der Waals surface area (Å²) in [5.41, 5.74) is 0.528. The molecule has 4 aliphatic rings. The van der Waals surface area contributed by atoms with Gasteiger partial charge in [0.2, 0.25) is 11.8 Å². The Kier molecular flexibility index (Phi) is 3.83. The molecular formula is C23H20ClN3O4. The summed E-state index contributed by atoms with van der Waals surface area (Å²) in [6.07, 6.45) is 1.66. The van der Waals surface area contributed by atoms with Crippen molar-refractivity contribution in [3.63, 3.8) is 0 Å². The molecule has 3 amide bonds. The van der Waals surface area contributed by atoms with E-state index in [1.165, 1.54) is 4.90 Å². The first kappa shape index (κ1) is 18.8. The Morgan fingerprint density at radius 3 is 2.61 bits per heavy atom. The van der Waals surface area contributed by atoms with Gasteiger partial charge >= 0.3 is 0 Å². The first-order chi connectivity index (χ1) is 15.0. The van der Waals surface area contributed by atoms with Crippen LogP contribution < -0.4 is 15.0 Å². The van der Waals surface area contributed by atoms with Crippen LogP contribution in [0.4, 0.5) is 11.4 Å². The number of nitrogens with zero attached hydrogens (tertiary/aromatic N) is 2. The van der Waals surface area contributed by atoms with Gasteiger partial charge in [-0.25, -0.2) is 4.90 Å². The van der Waals surface area contributed by atoms with Gasteiger partial charge in [0.05, 0.1) is 35.3 Å². The summed E-state index contributed by atoms with van der Waals surface area (Å²) in [5, 5.41) is 3.35. The van der Waals surface area contributed by atoms with E-state index < -0.39 is 17.4 Å². The lowest BCUT2D eigenvalue weighted by Crippen LogP contribution is -2.54. The van der Waals surface area contributed by atoms with Crippen LogP contribution in [0.2, 0.25) is 5.02 Å². The maximum atomic E-state index is 13.8. The van der Waals surface area contributed by atoms with Crippen molar-refractivity contribution < 1.29 is 19.1 Å². The highest BCUT2D eigenvalue weighted by Crippen LogP contribution is 2.61. The molecular weight excluding hydrogens is 418 g/mol. The number of imide groups is 1. The van der Waals surface area contributed by atoms with Gasteiger partial charge in [0.1, 0.15) is 11.3 Å². The van der Waals surface area contributed by atoms with E-state index in [0.29, 0.717) is 34.3 Å². The number of para-hydroxylation sites is 1. The van der Waals surface area contributed by atoms with Crippen LogP contribution in [0.1, 0.15) is 18.4 Å². The fraction of sp³-hybridized carbons (Fsp3) is 0.348. The first-order valence-electron chi connectivity index (χ1n) is 10.4. The Morgan fingerprint density at radius 2 is 1.87 bits per heavy atom. The number of rotatable bonds is 2. The molecule has 8 heteroatoms. The Balaban J connectivity index is 1.53. The molecule has 0 aromatic heterocycles. The minimum Gasteiger partial charge on any atom is -0.497 e. The van der Waals surface area contributed by atoms with E-state index >= 15 is 0 Å². The van der Waals surface area contributed by atoms with Crippen molar-refractivity contribution in [2.45, 2.75) is 24.4 Å². The third kappa shape index (κ3) is 2.15. The van der Waals surface area contributed by atoms with Gasteiger partial charge in [-0.3, -0.25) is 19.3 Å². The fourth-order valence-electron chi connectivity index (χ4n) is 6.18. The van der Waals surface area contributed by atoms with Crippen molar-refractivity contribution in [2.24, 2.45) is 11.8 Å². The second-order valence-corrected chi connectivity index (χ2v) is 8.91. The average molecular weight is 438 g/mol. The fourth-order valence-corrected chi connectivity index (χ4v) is 6.40. The molecule has 2 aromatic rings. The van der Waals surface area contributed by atoms with E-state index in [1.807, 2.05) is 6.07 Å². The number of halogens is 1. The highest BCUT2D eigenvalue weighted by Gasteiger charge is 2.74. The van der Waals surface area contributed by atoms with Crippen LogP contribution in [0.5, 0.6) is 5.75 Å². The van der Waals surface area contributed by atoms with Crippen molar-refractivity contribution in [2.75, 3.05) is 23.9 Å². The summed E-state index contributed by atoms with van der Waals surface area (Å²) in [5.74, 6) is -1.55. The average Bonchev–Trinajstić information content (AvgIpc) is 3.47. The van der Waals surface area contributed by atoms with Crippen LogP contribution in [0.15, 0.2) is 42.5 Å². The number of fused-ring (bicyclic) bond motifs is 7. The SMILES string of the molecule is COc1ccc(N2C(=O)[C@H]3[C@@H](C2=O)[C@]2(C(=O)Nc4c(Cl)cccc42)N2CCC[C@@H]32)cc1. The molecule has 158 valence electrons. The van der Waals surface area contributed by atoms with Crippen molar-refractivity contribution in [3.05, 3.63) is 53.1 Å². The standard InChI is InChI=1S/C23H20ClN3O4/c1-31-13-9-7-12(8-10-13)27-20(28)17-16-6-3-11-26(16)23(18(17)21(27)29)14-4-2-5-15(24)19(14)25-22(23)30/h2,4-5,7-10,16-18H,3,6,11H2,1H3,(H,25,30)/t16-,17+,18-,23+/m0/s1. The Labute approximate surface area is 183 Å². The Morgan fingerprint density at radius 1 is 1.10 bits per heavy atom. The second kappa shape index (κ2) is 6.31. The molecule has 7 nitrogen and oxygen atoms in total. The maximum absolute atomic E-state index is 13.8. The summed E-state index contributed by atoms with van der Waals surface area (Å²) < 4.78 is 5.20. The lowest BCUT2D eigenvalue weighted by atomic mass is 9.75. The molecule has 3 fully saturated rings. The molecule has 4 atom stereocenters. The number of hydrogen-bond donors (Lipinski definition) is 1. The number of carbonyl (C=O) groups is 3. The van der Waals surface area contributed by atoms with E-state index in [2.05, 4.69) is 10.2 Å². The largest absolute Gasteiger partial charge is 0.497 e. The summed E-state index contributed by atoms with van der Waals surface area (Å²) in [7, 11) is 1.56. The van der Waals surface area contributed by atoms with Crippen molar-refractivity contribution in [3.8, 4) is 5.75 Å². The predicted molar refractivity (Wildman–Crippen MR) is 114 cm³/mol. The number of ether oxygens (including phenoxy) is 1. The molecule has 3 saturated heterocycles. The molecule has 6 rings (SSSR count). The number of carbonyl (C=O) groups excluding carboxylic acids is 3. The van der Waals surface area contributed by atoms with Crippen molar-refractivity contribution in [1.29, 1.82) is 0 Å². The van der Waals surface area contributed by atoms with Gasteiger partial charge < -0.3 is 10.1 Å². The van der Waals surface area contributed by atoms with Gasteiger partial charge in [0, 0.05) is 11.6 Å². The van der Waals surface area contributed by atoms with E-state index in [4.69, 9.17) is 16.3 Å². The van der Waals surface area contributed by atoms with E-state index in [-0.39, 0.29) is 23.8 Å². The molecule has 0 aliphatic carbocycles. The number of nitrogens with one attached hydrogen (secondary N) is 1. The zero-order valence-electron chi connectivity index (χ0n) is 16.8. The number of anilines is 2. The van der Waals surface area contributed by atoms with Gasteiger partial charge in [-0.1, -0.05) is 23.7 Å². The molecule has 2 aromatic carbocycles. The van der Waals surface area contributed by atoms with Crippen LogP contribution in [-0.4, -0.2) is 42.3 Å². The first-order valence-corrected chi connectivity index (χ1v) is 10.8. The molecule has 0 saturated carbocycles. The predicted octanol–water partition coefficient (Wildman–Crippen LogP) is 2.78. The monoisotopic (exact) mass is 437 g/mol. The number of benzene rings is 2. The third-order valence-electron chi connectivity index (χ3n) is 7.31. The Hall–Kier alpha value is -2.90. The lowest BCUT2D eigenvalue weighted by Gasteiger charge is -2.36. The maximum Gasteiger partial charge on any atom is 0.250 e. The minimum absolute atomic E-state index is 0.152. The highest BCUT2D eigenvalue weighted by atomic mass is 35.5. The van der Waals surface area contributed by atoms with Crippen molar-refractivity contribution >= 4 is 40.7 Å². The van der Waals surface area contributed by atoms with E-state index in [0.717, 1.165) is 12.8 Å². The van der Waals surface area contributed by atoms with Crippen LogP contribution in [0, 0.1) is 11.8 Å². The molecule has 0 radical (unpaired) electrons. The summed E-state index contributed by atoms with van der Waals surface area (Å²) in [6.45, 7) is 0.667. The molecule has 1 spiro atoms. The minimum atomic E-state index is -1.21. The van der Waals surface area contributed by atoms with Crippen LogP contribution >= 0.6 is 11.6 Å². The summed E-state index contributed by atoms with van der Waals surface area (Å²) >= 11 is 6.39. The second-order valence-electron chi connectivity index (χ2n) is 8.50. The topological polar surface area (TPSA) is 78.9 Å². The van der Waals surface area contributed by atoms with Gasteiger partial charge in [-0.15, -0.1) is 0 Å². The molecule has 4 heterocycles. The molecule has 4 aliphatic heterocycles. The lowest BCUT2D eigenvalue weighted by molar-refractivity contribution is -0.135. The number of hydrogen-bond acceptors (Lipinski definition) is 5. The molecule has 0 bridgehead atoms. The van der Waals surface area contributed by atoms with E-state index in [9.17, 15) is 14.4 Å². The number of amides is 3. The summed E-state index contributed by atoms with van der Waals surface area (Å²) in [4.78, 5) is 44.3. The summed E-state index contributed by atoms with van der Waals surface area (Å²) in [6, 6.07) is 12.1. The highest BCUT2D eigenvalue weighted by molar-refractivity contribution is 6.35. The van der Waals surface area contributed by atoms with Crippen molar-refractivity contribution in [1.82, 2.24) is 4.90 Å². The smallest absolute Gasteiger partial charge is 0.250 e. The normalized spacial score (nSPS) is 31.2.